The summed E-state index contributed by atoms with van der Waals surface area (Å²) in [7, 11) is 0. The van der Waals surface area contributed by atoms with E-state index in [4.69, 9.17) is 0 Å². The average molecular weight is 343 g/mol. The topological polar surface area (TPSA) is 79.4 Å². The summed E-state index contributed by atoms with van der Waals surface area (Å²) >= 11 is 1.54. The number of amides is 3. The van der Waals surface area contributed by atoms with E-state index in [0.717, 1.165) is 9.88 Å². The van der Waals surface area contributed by atoms with Gasteiger partial charge in [0.15, 0.2) is 0 Å². The van der Waals surface area contributed by atoms with Crippen LogP contribution in [0.4, 0.5) is 0 Å². The number of aryl methyl sites for hydroxylation is 1. The Kier molecular flexibility index (Phi) is 4.71. The molecule has 6 nitrogen and oxygen atoms in total. The summed E-state index contributed by atoms with van der Waals surface area (Å²) in [5.74, 6) is -0.662. The van der Waals surface area contributed by atoms with Crippen LogP contribution in [-0.4, -0.2) is 34.2 Å². The van der Waals surface area contributed by atoms with Crippen molar-refractivity contribution in [2.75, 3.05) is 6.54 Å². The van der Waals surface area contributed by atoms with Crippen molar-refractivity contribution in [2.24, 2.45) is 0 Å². The molecule has 1 N–H and O–H groups in total. The first kappa shape index (κ1) is 16.3. The minimum atomic E-state index is -0.281. The Bertz CT molecular complexity index is 765. The van der Waals surface area contributed by atoms with E-state index in [1.165, 1.54) is 4.90 Å². The summed E-state index contributed by atoms with van der Waals surface area (Å²) in [6, 6.07) is 6.78. The normalized spacial score (nSPS) is 13.3. The lowest BCUT2D eigenvalue weighted by atomic mass is 10.1. The van der Waals surface area contributed by atoms with Gasteiger partial charge < -0.3 is 5.32 Å². The standard InChI is InChI=1S/C17H17N3O3S/c1-11-18-9-12(24-11)10-19-15(21)7-4-8-20-16(22)13-5-2-3-6-14(13)17(20)23/h2-3,5-6,9H,4,7-8,10H2,1H3,(H,19,21). The van der Waals surface area contributed by atoms with Crippen LogP contribution >= 0.6 is 11.3 Å². The van der Waals surface area contributed by atoms with Gasteiger partial charge in [-0.3, -0.25) is 19.3 Å². The molecule has 0 bridgehead atoms. The summed E-state index contributed by atoms with van der Waals surface area (Å²) in [6.07, 6.45) is 2.46. The molecule has 0 radical (unpaired) electrons. The molecular formula is C17H17N3O3S. The third kappa shape index (κ3) is 3.35. The zero-order chi connectivity index (χ0) is 17.1. The van der Waals surface area contributed by atoms with Gasteiger partial charge >= 0.3 is 0 Å². The van der Waals surface area contributed by atoms with Gasteiger partial charge in [-0.05, 0) is 25.5 Å². The number of hydrogen-bond acceptors (Lipinski definition) is 5. The van der Waals surface area contributed by atoms with E-state index in [1.807, 2.05) is 6.92 Å². The molecule has 1 aliphatic heterocycles. The van der Waals surface area contributed by atoms with Crippen molar-refractivity contribution in [3.63, 3.8) is 0 Å². The molecule has 24 heavy (non-hydrogen) atoms. The van der Waals surface area contributed by atoms with E-state index < -0.39 is 0 Å². The number of carbonyl (C=O) groups is 3. The zero-order valence-electron chi connectivity index (χ0n) is 13.2. The molecule has 1 aromatic carbocycles. The molecule has 3 rings (SSSR count). The first-order valence-electron chi connectivity index (χ1n) is 7.69. The van der Waals surface area contributed by atoms with Gasteiger partial charge in [0, 0.05) is 24.0 Å². The highest BCUT2D eigenvalue weighted by Gasteiger charge is 2.34. The van der Waals surface area contributed by atoms with Gasteiger partial charge in [-0.1, -0.05) is 12.1 Å². The van der Waals surface area contributed by atoms with E-state index in [9.17, 15) is 14.4 Å². The molecule has 2 aromatic rings. The van der Waals surface area contributed by atoms with Crippen LogP contribution in [0.5, 0.6) is 0 Å². The van der Waals surface area contributed by atoms with Crippen molar-refractivity contribution < 1.29 is 14.4 Å². The maximum Gasteiger partial charge on any atom is 0.261 e. The van der Waals surface area contributed by atoms with E-state index in [-0.39, 0.29) is 30.7 Å². The molecule has 7 heteroatoms. The number of hydrogen-bond donors (Lipinski definition) is 1. The van der Waals surface area contributed by atoms with Crippen molar-refractivity contribution in [2.45, 2.75) is 26.3 Å². The van der Waals surface area contributed by atoms with Crippen LogP contribution in [0, 0.1) is 6.92 Å². The van der Waals surface area contributed by atoms with Crippen molar-refractivity contribution in [1.29, 1.82) is 0 Å². The highest BCUT2D eigenvalue weighted by Crippen LogP contribution is 2.22. The highest BCUT2D eigenvalue weighted by atomic mass is 32.1. The predicted molar refractivity (Wildman–Crippen MR) is 89.7 cm³/mol. The number of imide groups is 1. The van der Waals surface area contributed by atoms with Crippen LogP contribution in [0.15, 0.2) is 30.5 Å². The Morgan fingerprint density at radius 1 is 1.21 bits per heavy atom. The van der Waals surface area contributed by atoms with Crippen LogP contribution in [0.25, 0.3) is 0 Å². The number of nitrogens with one attached hydrogen (secondary N) is 1. The molecule has 2 heterocycles. The fourth-order valence-corrected chi connectivity index (χ4v) is 3.34. The quantitative estimate of drug-likeness (QED) is 0.815. The second-order valence-corrected chi connectivity index (χ2v) is 6.85. The predicted octanol–water partition coefficient (Wildman–Crippen LogP) is 2.14. The molecule has 0 saturated heterocycles. The lowest BCUT2D eigenvalue weighted by Gasteiger charge is -2.13. The second-order valence-electron chi connectivity index (χ2n) is 5.53. The zero-order valence-corrected chi connectivity index (χ0v) is 14.1. The van der Waals surface area contributed by atoms with Crippen LogP contribution in [0.3, 0.4) is 0 Å². The smallest absolute Gasteiger partial charge is 0.261 e. The fourth-order valence-electron chi connectivity index (χ4n) is 2.60. The van der Waals surface area contributed by atoms with Crippen molar-refractivity contribution in [3.05, 3.63) is 51.5 Å². The lowest BCUT2D eigenvalue weighted by molar-refractivity contribution is -0.121. The van der Waals surface area contributed by atoms with E-state index in [1.54, 1.807) is 41.8 Å². The van der Waals surface area contributed by atoms with Crippen LogP contribution in [0.1, 0.15) is 43.4 Å². The van der Waals surface area contributed by atoms with Gasteiger partial charge in [-0.2, -0.15) is 0 Å². The van der Waals surface area contributed by atoms with E-state index in [0.29, 0.717) is 24.1 Å². The number of aromatic nitrogens is 1. The Balaban J connectivity index is 1.46. The van der Waals surface area contributed by atoms with Gasteiger partial charge in [0.2, 0.25) is 5.91 Å². The summed E-state index contributed by atoms with van der Waals surface area (Å²) in [5.41, 5.74) is 0.875. The molecule has 0 aliphatic carbocycles. The summed E-state index contributed by atoms with van der Waals surface area (Å²) in [4.78, 5) is 42.6. The highest BCUT2D eigenvalue weighted by molar-refractivity contribution is 7.11. The molecule has 0 atom stereocenters. The maximum absolute atomic E-state index is 12.2. The fraction of sp³-hybridized carbons (Fsp3) is 0.294. The van der Waals surface area contributed by atoms with Gasteiger partial charge in [0.1, 0.15) is 0 Å². The SMILES string of the molecule is Cc1ncc(CNC(=O)CCCN2C(=O)c3ccccc3C2=O)s1. The Labute approximate surface area is 143 Å². The van der Waals surface area contributed by atoms with Crippen LogP contribution < -0.4 is 5.32 Å². The van der Waals surface area contributed by atoms with E-state index >= 15 is 0 Å². The van der Waals surface area contributed by atoms with Gasteiger partial charge in [0.05, 0.1) is 22.7 Å². The number of thiazole rings is 1. The average Bonchev–Trinajstić information content (AvgIpc) is 3.10. The van der Waals surface area contributed by atoms with E-state index in [2.05, 4.69) is 10.3 Å². The molecule has 0 spiro atoms. The number of carbonyl (C=O) groups excluding carboxylic acids is 3. The number of rotatable bonds is 6. The third-order valence-corrected chi connectivity index (χ3v) is 4.71. The largest absolute Gasteiger partial charge is 0.351 e. The van der Waals surface area contributed by atoms with Crippen LogP contribution in [0.2, 0.25) is 0 Å². The molecule has 3 amide bonds. The van der Waals surface area contributed by atoms with Gasteiger partial charge in [0.25, 0.3) is 11.8 Å². The van der Waals surface area contributed by atoms with Crippen LogP contribution in [-0.2, 0) is 11.3 Å². The molecule has 1 aliphatic rings. The summed E-state index contributed by atoms with van der Waals surface area (Å²) in [5, 5.41) is 3.78. The molecule has 124 valence electrons. The lowest BCUT2D eigenvalue weighted by Crippen LogP contribution is -2.32. The molecule has 1 aromatic heterocycles. The summed E-state index contributed by atoms with van der Waals surface area (Å²) in [6.45, 7) is 2.62. The second kappa shape index (κ2) is 6.92. The van der Waals surface area contributed by atoms with Gasteiger partial charge in [-0.25, -0.2) is 4.98 Å². The third-order valence-electron chi connectivity index (χ3n) is 3.79. The maximum atomic E-state index is 12.2. The monoisotopic (exact) mass is 343 g/mol. The first-order valence-corrected chi connectivity index (χ1v) is 8.51. The number of nitrogens with zero attached hydrogens (tertiary/aromatic N) is 2. The summed E-state index contributed by atoms with van der Waals surface area (Å²) < 4.78 is 0. The molecular weight excluding hydrogens is 326 g/mol. The Hall–Kier alpha value is -2.54. The minimum Gasteiger partial charge on any atom is -0.351 e. The molecule has 0 unspecified atom stereocenters. The van der Waals surface area contributed by atoms with Crippen molar-refractivity contribution in [1.82, 2.24) is 15.2 Å². The minimum absolute atomic E-state index is 0.0994. The van der Waals surface area contributed by atoms with Gasteiger partial charge in [-0.15, -0.1) is 11.3 Å². The molecule has 0 saturated carbocycles. The Morgan fingerprint density at radius 2 is 1.88 bits per heavy atom. The number of fused-ring (bicyclic) bond motifs is 1. The number of benzene rings is 1. The van der Waals surface area contributed by atoms with Crippen molar-refractivity contribution in [3.8, 4) is 0 Å². The molecule has 0 fully saturated rings. The first-order chi connectivity index (χ1) is 11.6. The Morgan fingerprint density at radius 3 is 2.46 bits per heavy atom. The van der Waals surface area contributed by atoms with Crippen molar-refractivity contribution >= 4 is 29.1 Å².